The number of anilines is 1. The van der Waals surface area contributed by atoms with Gasteiger partial charge in [0, 0.05) is 13.1 Å². The van der Waals surface area contributed by atoms with Gasteiger partial charge in [-0.1, -0.05) is 18.6 Å². The van der Waals surface area contributed by atoms with Gasteiger partial charge in [0.15, 0.2) is 17.0 Å². The molecular formula is C10H16N6. The first-order valence-electron chi connectivity index (χ1n) is 5.64. The highest BCUT2D eigenvalue weighted by Gasteiger charge is 2.09. The Bertz CT molecular complexity index is 463. The van der Waals surface area contributed by atoms with Crippen molar-refractivity contribution in [2.75, 3.05) is 11.9 Å². The van der Waals surface area contributed by atoms with Crippen LogP contribution in [0.15, 0.2) is 6.33 Å². The summed E-state index contributed by atoms with van der Waals surface area (Å²) in [5.41, 5.74) is 1.54. The molecule has 6 nitrogen and oxygen atoms in total. The zero-order valence-corrected chi connectivity index (χ0v) is 9.64. The molecule has 0 bridgehead atoms. The first-order chi connectivity index (χ1) is 7.86. The number of fused-ring (bicyclic) bond motifs is 1. The van der Waals surface area contributed by atoms with Crippen LogP contribution in [-0.2, 0) is 6.54 Å². The highest BCUT2D eigenvalue weighted by atomic mass is 15.4. The Morgan fingerprint density at radius 1 is 1.31 bits per heavy atom. The molecule has 2 heterocycles. The van der Waals surface area contributed by atoms with E-state index < -0.39 is 0 Å². The molecular weight excluding hydrogens is 204 g/mol. The van der Waals surface area contributed by atoms with E-state index in [4.69, 9.17) is 0 Å². The molecule has 0 amide bonds. The van der Waals surface area contributed by atoms with Crippen LogP contribution in [0.3, 0.4) is 0 Å². The Morgan fingerprint density at radius 3 is 2.94 bits per heavy atom. The number of unbranched alkanes of at least 4 members (excludes halogenated alkanes) is 1. The molecule has 86 valence electrons. The third-order valence-electron chi connectivity index (χ3n) is 2.42. The van der Waals surface area contributed by atoms with Gasteiger partial charge in [0.2, 0.25) is 0 Å². The molecule has 0 unspecified atom stereocenters. The molecule has 1 N–H and O–H groups in total. The molecule has 16 heavy (non-hydrogen) atoms. The van der Waals surface area contributed by atoms with E-state index in [1.807, 2.05) is 6.92 Å². The van der Waals surface area contributed by atoms with E-state index in [9.17, 15) is 0 Å². The Balaban J connectivity index is 2.28. The van der Waals surface area contributed by atoms with E-state index in [1.54, 1.807) is 11.0 Å². The summed E-state index contributed by atoms with van der Waals surface area (Å²) in [7, 11) is 0. The van der Waals surface area contributed by atoms with Gasteiger partial charge in [0.05, 0.1) is 0 Å². The average Bonchev–Trinajstić information content (AvgIpc) is 2.73. The van der Waals surface area contributed by atoms with Crippen molar-refractivity contribution in [3.8, 4) is 0 Å². The van der Waals surface area contributed by atoms with Gasteiger partial charge >= 0.3 is 0 Å². The van der Waals surface area contributed by atoms with Crippen LogP contribution in [0.25, 0.3) is 11.2 Å². The zero-order valence-electron chi connectivity index (χ0n) is 9.64. The molecule has 0 atom stereocenters. The normalized spacial score (nSPS) is 10.9. The van der Waals surface area contributed by atoms with Gasteiger partial charge in [-0.15, -0.1) is 5.10 Å². The summed E-state index contributed by atoms with van der Waals surface area (Å²) in [5.74, 6) is 0.776. The standard InChI is InChI=1S/C10H16N6/c1-3-5-6-11-9-8-10(13-7-12-9)16(4-2)15-14-8/h7H,3-6H2,1-2H3,(H,11,12,13). The minimum absolute atomic E-state index is 0.750. The predicted octanol–water partition coefficient (Wildman–Crippen LogP) is 1.45. The van der Waals surface area contributed by atoms with Crippen molar-refractivity contribution in [2.45, 2.75) is 33.2 Å². The average molecular weight is 220 g/mol. The Labute approximate surface area is 94.1 Å². The van der Waals surface area contributed by atoms with Crippen molar-refractivity contribution in [2.24, 2.45) is 0 Å². The lowest BCUT2D eigenvalue weighted by Gasteiger charge is -2.03. The molecule has 0 aromatic carbocycles. The van der Waals surface area contributed by atoms with Crippen molar-refractivity contribution in [1.82, 2.24) is 25.0 Å². The van der Waals surface area contributed by atoms with Crippen LogP contribution >= 0.6 is 0 Å². The maximum absolute atomic E-state index is 4.19. The van der Waals surface area contributed by atoms with E-state index in [2.05, 4.69) is 32.5 Å². The number of hydrogen-bond donors (Lipinski definition) is 1. The Kier molecular flexibility index (Phi) is 3.28. The summed E-state index contributed by atoms with van der Waals surface area (Å²) < 4.78 is 1.77. The molecule has 0 aliphatic rings. The summed E-state index contributed by atoms with van der Waals surface area (Å²) >= 11 is 0. The number of aryl methyl sites for hydroxylation is 1. The first-order valence-corrected chi connectivity index (χ1v) is 5.64. The summed E-state index contributed by atoms with van der Waals surface area (Å²) in [6.07, 6.45) is 3.82. The second-order valence-electron chi connectivity index (χ2n) is 3.58. The van der Waals surface area contributed by atoms with Gasteiger partial charge in [-0.05, 0) is 13.3 Å². The molecule has 2 aromatic heterocycles. The van der Waals surface area contributed by atoms with Gasteiger partial charge < -0.3 is 5.32 Å². The fourth-order valence-corrected chi connectivity index (χ4v) is 1.52. The second-order valence-corrected chi connectivity index (χ2v) is 3.58. The highest BCUT2D eigenvalue weighted by Crippen LogP contribution is 2.15. The molecule has 0 aliphatic heterocycles. The van der Waals surface area contributed by atoms with E-state index in [-0.39, 0.29) is 0 Å². The van der Waals surface area contributed by atoms with Crippen molar-refractivity contribution in [1.29, 1.82) is 0 Å². The molecule has 0 saturated heterocycles. The fraction of sp³-hybridized carbons (Fsp3) is 0.600. The minimum Gasteiger partial charge on any atom is -0.368 e. The fourth-order valence-electron chi connectivity index (χ4n) is 1.52. The molecule has 2 rings (SSSR count). The monoisotopic (exact) mass is 220 g/mol. The molecule has 2 aromatic rings. The summed E-state index contributed by atoms with van der Waals surface area (Å²) in [6.45, 7) is 5.84. The molecule has 0 saturated carbocycles. The van der Waals surface area contributed by atoms with Crippen LogP contribution in [0, 0.1) is 0 Å². The molecule has 6 heteroatoms. The number of nitrogens with zero attached hydrogens (tertiary/aromatic N) is 5. The highest BCUT2D eigenvalue weighted by molar-refractivity contribution is 5.81. The minimum atomic E-state index is 0.750. The van der Waals surface area contributed by atoms with E-state index in [1.165, 1.54) is 0 Å². The maximum Gasteiger partial charge on any atom is 0.183 e. The largest absolute Gasteiger partial charge is 0.368 e. The van der Waals surface area contributed by atoms with Crippen LogP contribution in [0.5, 0.6) is 0 Å². The number of rotatable bonds is 5. The number of nitrogens with one attached hydrogen (secondary N) is 1. The first kappa shape index (κ1) is 10.8. The lowest BCUT2D eigenvalue weighted by molar-refractivity contribution is 0.641. The van der Waals surface area contributed by atoms with E-state index in [0.29, 0.717) is 0 Å². The van der Waals surface area contributed by atoms with Crippen LogP contribution in [0.2, 0.25) is 0 Å². The smallest absolute Gasteiger partial charge is 0.183 e. The van der Waals surface area contributed by atoms with Gasteiger partial charge in [-0.2, -0.15) is 0 Å². The van der Waals surface area contributed by atoms with E-state index >= 15 is 0 Å². The second kappa shape index (κ2) is 4.87. The number of aromatic nitrogens is 5. The predicted molar refractivity (Wildman–Crippen MR) is 62.2 cm³/mol. The van der Waals surface area contributed by atoms with Gasteiger partial charge in [-0.25, -0.2) is 14.6 Å². The van der Waals surface area contributed by atoms with Crippen LogP contribution in [-0.4, -0.2) is 31.5 Å². The molecule has 0 fully saturated rings. The van der Waals surface area contributed by atoms with Crippen molar-refractivity contribution in [3.05, 3.63) is 6.33 Å². The van der Waals surface area contributed by atoms with Crippen molar-refractivity contribution >= 4 is 17.0 Å². The third kappa shape index (κ3) is 1.95. The third-order valence-corrected chi connectivity index (χ3v) is 2.42. The lowest BCUT2D eigenvalue weighted by Crippen LogP contribution is -2.04. The van der Waals surface area contributed by atoms with Gasteiger partial charge in [-0.3, -0.25) is 0 Å². The maximum atomic E-state index is 4.19. The van der Waals surface area contributed by atoms with Crippen LogP contribution < -0.4 is 5.32 Å². The summed E-state index contributed by atoms with van der Waals surface area (Å²) in [6, 6.07) is 0. The number of hydrogen-bond acceptors (Lipinski definition) is 5. The summed E-state index contributed by atoms with van der Waals surface area (Å²) in [5, 5.41) is 11.4. The Hall–Kier alpha value is -1.72. The van der Waals surface area contributed by atoms with Crippen LogP contribution in [0.4, 0.5) is 5.82 Å². The van der Waals surface area contributed by atoms with E-state index in [0.717, 1.165) is 42.9 Å². The zero-order chi connectivity index (χ0) is 11.4. The van der Waals surface area contributed by atoms with Crippen molar-refractivity contribution in [3.63, 3.8) is 0 Å². The molecule has 0 spiro atoms. The van der Waals surface area contributed by atoms with Crippen molar-refractivity contribution < 1.29 is 0 Å². The van der Waals surface area contributed by atoms with Crippen LogP contribution in [0.1, 0.15) is 26.7 Å². The topological polar surface area (TPSA) is 68.5 Å². The van der Waals surface area contributed by atoms with Gasteiger partial charge in [0.1, 0.15) is 6.33 Å². The lowest BCUT2D eigenvalue weighted by atomic mass is 10.3. The Morgan fingerprint density at radius 2 is 2.19 bits per heavy atom. The quantitative estimate of drug-likeness (QED) is 0.772. The SMILES string of the molecule is CCCCNc1ncnc2c1nnn2CC. The van der Waals surface area contributed by atoms with Gasteiger partial charge in [0.25, 0.3) is 0 Å². The summed E-state index contributed by atoms with van der Waals surface area (Å²) in [4.78, 5) is 8.38. The molecule has 0 radical (unpaired) electrons. The molecule has 0 aliphatic carbocycles.